The molecule has 3 aromatic rings. The van der Waals surface area contributed by atoms with Crippen molar-refractivity contribution >= 4 is 27.5 Å². The van der Waals surface area contributed by atoms with E-state index in [1.807, 2.05) is 0 Å². The predicted octanol–water partition coefficient (Wildman–Crippen LogP) is 3.12. The molecule has 3 N–H and O–H groups in total. The Kier molecular flexibility index (Phi) is 7.02. The minimum atomic E-state index is -4.24. The number of carbonyl (C=O) groups is 2. The van der Waals surface area contributed by atoms with Crippen molar-refractivity contribution in [3.05, 3.63) is 95.3 Å². The maximum Gasteiger partial charge on any atom is 0.262 e. The molecular formula is C22H18F3N3O4S. The van der Waals surface area contributed by atoms with Crippen LogP contribution in [0.2, 0.25) is 0 Å². The Morgan fingerprint density at radius 1 is 0.848 bits per heavy atom. The molecule has 7 nitrogen and oxygen atoms in total. The molecule has 0 aromatic heterocycles. The molecule has 0 aliphatic heterocycles. The Hall–Kier alpha value is -3.86. The summed E-state index contributed by atoms with van der Waals surface area (Å²) in [6, 6.07) is 11.3. The molecule has 1 unspecified atom stereocenters. The number of likely N-dealkylation sites (N-methyl/N-ethyl adjacent to an activating group) is 1. The highest BCUT2D eigenvalue weighted by Crippen LogP contribution is 2.21. The molecule has 0 aliphatic rings. The third-order valence-corrected chi connectivity index (χ3v) is 5.95. The molecule has 2 amide bonds. The Bertz CT molecular complexity index is 1320. The quantitative estimate of drug-likeness (QED) is 0.486. The monoisotopic (exact) mass is 477 g/mol. The first-order valence-corrected chi connectivity index (χ1v) is 11.0. The number of carbonyl (C=O) groups excluding carboxylic acids is 2. The SMILES string of the molecule is CNC(=O)C(NC(=O)c1cccc(S(=O)(=O)Nc2ccccc2F)c1)c1ccc(F)c(F)c1. The fourth-order valence-electron chi connectivity index (χ4n) is 2.90. The standard InChI is InChI=1S/C22H18F3N3O4S/c1-26-22(30)20(13-9-10-16(23)18(25)12-13)27-21(29)14-5-4-6-15(11-14)33(31,32)28-19-8-3-2-7-17(19)24/h2-12,20,28H,1H3,(H,26,30)(H,27,29). The van der Waals surface area contributed by atoms with Crippen LogP contribution in [0.5, 0.6) is 0 Å². The maximum absolute atomic E-state index is 13.8. The lowest BCUT2D eigenvalue weighted by molar-refractivity contribution is -0.122. The number of halogens is 3. The van der Waals surface area contributed by atoms with Crippen LogP contribution < -0.4 is 15.4 Å². The molecular weight excluding hydrogens is 459 g/mol. The third-order valence-electron chi connectivity index (χ3n) is 4.59. The van der Waals surface area contributed by atoms with E-state index in [9.17, 15) is 31.2 Å². The lowest BCUT2D eigenvalue weighted by Gasteiger charge is -2.18. The first-order chi connectivity index (χ1) is 15.6. The fourth-order valence-corrected chi connectivity index (χ4v) is 4.02. The topological polar surface area (TPSA) is 104 Å². The van der Waals surface area contributed by atoms with Crippen molar-refractivity contribution in [3.63, 3.8) is 0 Å². The highest BCUT2D eigenvalue weighted by atomic mass is 32.2. The van der Waals surface area contributed by atoms with Gasteiger partial charge in [-0.05, 0) is 48.0 Å². The molecule has 0 fully saturated rings. The Labute approximate surface area is 187 Å². The summed E-state index contributed by atoms with van der Waals surface area (Å²) in [5.74, 6) is -4.67. The van der Waals surface area contributed by atoms with Gasteiger partial charge in [-0.1, -0.05) is 24.3 Å². The Morgan fingerprint density at radius 3 is 2.24 bits per heavy atom. The van der Waals surface area contributed by atoms with Crippen LogP contribution in [-0.2, 0) is 14.8 Å². The zero-order valence-electron chi connectivity index (χ0n) is 17.1. The molecule has 0 heterocycles. The van der Waals surface area contributed by atoms with E-state index in [1.54, 1.807) is 0 Å². The summed E-state index contributed by atoms with van der Waals surface area (Å²) in [4.78, 5) is 24.7. The average molecular weight is 477 g/mol. The largest absolute Gasteiger partial charge is 0.357 e. The van der Waals surface area contributed by atoms with Crippen molar-refractivity contribution < 1.29 is 31.2 Å². The van der Waals surface area contributed by atoms with Crippen molar-refractivity contribution in [3.8, 4) is 0 Å². The number of anilines is 1. The Morgan fingerprint density at radius 2 is 1.58 bits per heavy atom. The van der Waals surface area contributed by atoms with Gasteiger partial charge in [0, 0.05) is 12.6 Å². The summed E-state index contributed by atoms with van der Waals surface area (Å²) in [6.45, 7) is 0. The van der Waals surface area contributed by atoms with Crippen molar-refractivity contribution in [2.24, 2.45) is 0 Å². The maximum atomic E-state index is 13.8. The van der Waals surface area contributed by atoms with E-state index in [1.165, 1.54) is 43.4 Å². The molecule has 0 spiro atoms. The van der Waals surface area contributed by atoms with Gasteiger partial charge in [-0.3, -0.25) is 14.3 Å². The molecule has 0 aliphatic carbocycles. The summed E-state index contributed by atoms with van der Waals surface area (Å²) in [5.41, 5.74) is -0.431. The van der Waals surface area contributed by atoms with Crippen LogP contribution in [0, 0.1) is 17.5 Å². The van der Waals surface area contributed by atoms with Crippen molar-refractivity contribution in [2.75, 3.05) is 11.8 Å². The fraction of sp³-hybridized carbons (Fsp3) is 0.0909. The third kappa shape index (κ3) is 5.50. The van der Waals surface area contributed by atoms with E-state index >= 15 is 0 Å². The van der Waals surface area contributed by atoms with Crippen molar-refractivity contribution in [1.82, 2.24) is 10.6 Å². The highest BCUT2D eigenvalue weighted by Gasteiger charge is 2.25. The molecule has 0 bridgehead atoms. The van der Waals surface area contributed by atoms with Gasteiger partial charge in [0.05, 0.1) is 10.6 Å². The van der Waals surface area contributed by atoms with E-state index < -0.39 is 45.3 Å². The lowest BCUT2D eigenvalue weighted by Crippen LogP contribution is -2.39. The van der Waals surface area contributed by atoms with Gasteiger partial charge in [-0.15, -0.1) is 0 Å². The molecule has 0 saturated carbocycles. The molecule has 3 aromatic carbocycles. The van der Waals surface area contributed by atoms with Crippen LogP contribution >= 0.6 is 0 Å². The van der Waals surface area contributed by atoms with Gasteiger partial charge in [0.2, 0.25) is 5.91 Å². The zero-order chi connectivity index (χ0) is 24.2. The minimum absolute atomic E-state index is 0.0217. The predicted molar refractivity (Wildman–Crippen MR) is 114 cm³/mol. The van der Waals surface area contributed by atoms with E-state index in [0.29, 0.717) is 0 Å². The normalized spacial score (nSPS) is 12.0. The molecule has 172 valence electrons. The first kappa shape index (κ1) is 23.8. The minimum Gasteiger partial charge on any atom is -0.357 e. The summed E-state index contributed by atoms with van der Waals surface area (Å²) in [7, 11) is -2.95. The van der Waals surface area contributed by atoms with E-state index in [0.717, 1.165) is 30.3 Å². The number of sulfonamides is 1. The van der Waals surface area contributed by atoms with Crippen LogP contribution in [0.25, 0.3) is 0 Å². The van der Waals surface area contributed by atoms with Gasteiger partial charge in [0.15, 0.2) is 11.6 Å². The number of amides is 2. The van der Waals surface area contributed by atoms with Crippen molar-refractivity contribution in [1.29, 1.82) is 0 Å². The summed E-state index contributed by atoms with van der Waals surface area (Å²) in [5, 5.41) is 4.68. The lowest BCUT2D eigenvalue weighted by atomic mass is 10.0. The van der Waals surface area contributed by atoms with Crippen LogP contribution in [0.15, 0.2) is 71.6 Å². The second-order valence-corrected chi connectivity index (χ2v) is 8.49. The van der Waals surface area contributed by atoms with E-state index in [4.69, 9.17) is 0 Å². The molecule has 0 saturated heterocycles. The highest BCUT2D eigenvalue weighted by molar-refractivity contribution is 7.92. The van der Waals surface area contributed by atoms with Gasteiger partial charge in [-0.2, -0.15) is 0 Å². The molecule has 33 heavy (non-hydrogen) atoms. The summed E-state index contributed by atoms with van der Waals surface area (Å²) in [6.07, 6.45) is 0. The van der Waals surface area contributed by atoms with Crippen LogP contribution in [0.3, 0.4) is 0 Å². The van der Waals surface area contributed by atoms with Crippen LogP contribution in [-0.4, -0.2) is 27.3 Å². The second-order valence-electron chi connectivity index (χ2n) is 6.81. The van der Waals surface area contributed by atoms with Gasteiger partial charge in [0.1, 0.15) is 11.9 Å². The molecule has 11 heteroatoms. The van der Waals surface area contributed by atoms with Crippen LogP contribution in [0.4, 0.5) is 18.9 Å². The average Bonchev–Trinajstić information content (AvgIpc) is 2.80. The number of nitrogens with one attached hydrogen (secondary N) is 3. The van der Waals surface area contributed by atoms with Gasteiger partial charge >= 0.3 is 0 Å². The molecule has 1 atom stereocenters. The van der Waals surface area contributed by atoms with Gasteiger partial charge < -0.3 is 10.6 Å². The summed E-state index contributed by atoms with van der Waals surface area (Å²) >= 11 is 0. The van der Waals surface area contributed by atoms with Gasteiger partial charge in [-0.25, -0.2) is 21.6 Å². The first-order valence-electron chi connectivity index (χ1n) is 9.47. The number of benzene rings is 3. The number of hydrogen-bond donors (Lipinski definition) is 3. The number of hydrogen-bond acceptors (Lipinski definition) is 4. The number of rotatable bonds is 7. The van der Waals surface area contributed by atoms with Crippen molar-refractivity contribution in [2.45, 2.75) is 10.9 Å². The smallest absolute Gasteiger partial charge is 0.262 e. The van der Waals surface area contributed by atoms with E-state index in [2.05, 4.69) is 15.4 Å². The van der Waals surface area contributed by atoms with Gasteiger partial charge in [0.25, 0.3) is 15.9 Å². The zero-order valence-corrected chi connectivity index (χ0v) is 17.9. The number of para-hydroxylation sites is 1. The van der Waals surface area contributed by atoms with Crippen LogP contribution in [0.1, 0.15) is 22.0 Å². The molecule has 3 rings (SSSR count). The Balaban J connectivity index is 1.87. The second kappa shape index (κ2) is 9.74. The van der Waals surface area contributed by atoms with E-state index in [-0.39, 0.29) is 21.7 Å². The summed E-state index contributed by atoms with van der Waals surface area (Å²) < 4.78 is 68.1. The molecule has 0 radical (unpaired) electrons.